The Balaban J connectivity index is 4.99. The molecule has 0 aliphatic rings. The van der Waals surface area contributed by atoms with Crippen molar-refractivity contribution in [3.63, 3.8) is 0 Å². The molecule has 1 unspecified atom stereocenters. The lowest BCUT2D eigenvalue weighted by Gasteiger charge is -2.32. The summed E-state index contributed by atoms with van der Waals surface area (Å²) in [4.78, 5) is 22.5. The van der Waals surface area contributed by atoms with Crippen molar-refractivity contribution in [1.29, 1.82) is 0 Å². The van der Waals surface area contributed by atoms with Crippen molar-refractivity contribution in [2.45, 2.75) is 71.3 Å². The van der Waals surface area contributed by atoms with Gasteiger partial charge in [-0.05, 0) is 12.8 Å². The van der Waals surface area contributed by atoms with Gasteiger partial charge in [-0.25, -0.2) is 4.79 Å². The van der Waals surface area contributed by atoms with E-state index in [1.807, 2.05) is 13.8 Å². The molecule has 112 valence electrons. The van der Waals surface area contributed by atoms with Crippen molar-refractivity contribution in [3.8, 4) is 0 Å². The minimum atomic E-state index is -1.83. The molecule has 0 fully saturated rings. The summed E-state index contributed by atoms with van der Waals surface area (Å²) in [6, 6.07) is 0. The summed E-state index contributed by atoms with van der Waals surface area (Å²) < 4.78 is 0. The molecule has 5 nitrogen and oxygen atoms in total. The second kappa shape index (κ2) is 8.91. The van der Waals surface area contributed by atoms with Crippen LogP contribution < -0.4 is 0 Å². The van der Waals surface area contributed by atoms with Gasteiger partial charge in [0.2, 0.25) is 0 Å². The Hall–Kier alpha value is -1.10. The molecule has 1 atom stereocenters. The average Bonchev–Trinajstić information content (AvgIpc) is 2.36. The fourth-order valence-electron chi connectivity index (χ4n) is 2.35. The Morgan fingerprint density at radius 3 is 1.63 bits per heavy atom. The van der Waals surface area contributed by atoms with Crippen molar-refractivity contribution >= 4 is 11.9 Å². The van der Waals surface area contributed by atoms with E-state index in [4.69, 9.17) is 5.11 Å². The Bertz CT molecular complexity index is 278. The zero-order valence-corrected chi connectivity index (χ0v) is 11.9. The molecular weight excluding hydrogens is 248 g/mol. The molecule has 0 spiro atoms. The molecule has 0 aromatic carbocycles. The van der Waals surface area contributed by atoms with E-state index in [-0.39, 0.29) is 12.8 Å². The lowest BCUT2D eigenvalue weighted by molar-refractivity contribution is -0.171. The summed E-state index contributed by atoms with van der Waals surface area (Å²) in [7, 11) is 0. The topological polar surface area (TPSA) is 94.8 Å². The van der Waals surface area contributed by atoms with E-state index in [9.17, 15) is 19.8 Å². The van der Waals surface area contributed by atoms with Crippen LogP contribution in [0.5, 0.6) is 0 Å². The van der Waals surface area contributed by atoms with E-state index in [0.29, 0.717) is 12.8 Å². The van der Waals surface area contributed by atoms with Crippen LogP contribution in [0.15, 0.2) is 0 Å². The Kier molecular flexibility index (Phi) is 8.39. The number of rotatable bonds is 11. The van der Waals surface area contributed by atoms with Gasteiger partial charge in [-0.2, -0.15) is 0 Å². The third-order valence-electron chi connectivity index (χ3n) is 3.64. The largest absolute Gasteiger partial charge is 0.481 e. The third-order valence-corrected chi connectivity index (χ3v) is 3.64. The normalized spacial score (nSPS) is 13.2. The van der Waals surface area contributed by atoms with Gasteiger partial charge in [0.25, 0.3) is 0 Å². The van der Waals surface area contributed by atoms with Gasteiger partial charge < -0.3 is 15.3 Å². The molecule has 0 aromatic rings. The molecule has 0 aromatic heterocycles. The Morgan fingerprint density at radius 2 is 1.37 bits per heavy atom. The maximum Gasteiger partial charge on any atom is 0.333 e. The quantitative estimate of drug-likeness (QED) is 0.503. The van der Waals surface area contributed by atoms with Crippen LogP contribution in [-0.4, -0.2) is 33.4 Å². The summed E-state index contributed by atoms with van der Waals surface area (Å²) in [6.07, 6.45) is 3.38. The van der Waals surface area contributed by atoms with Crippen molar-refractivity contribution < 1.29 is 24.9 Å². The summed E-state index contributed by atoms with van der Waals surface area (Å²) in [6.45, 7) is 3.99. The molecule has 19 heavy (non-hydrogen) atoms. The highest BCUT2D eigenvalue weighted by Gasteiger charge is 2.47. The maximum absolute atomic E-state index is 11.5. The summed E-state index contributed by atoms with van der Waals surface area (Å²) >= 11 is 0. The summed E-state index contributed by atoms with van der Waals surface area (Å²) in [5, 5.41) is 28.2. The van der Waals surface area contributed by atoms with Crippen molar-refractivity contribution in [2.75, 3.05) is 0 Å². The molecule has 5 heteroatoms. The lowest BCUT2D eigenvalue weighted by Crippen LogP contribution is -2.47. The van der Waals surface area contributed by atoms with Gasteiger partial charge in [0.05, 0.1) is 0 Å². The van der Waals surface area contributed by atoms with E-state index < -0.39 is 23.5 Å². The third kappa shape index (κ3) is 5.19. The van der Waals surface area contributed by atoms with E-state index in [2.05, 4.69) is 0 Å². The number of hydrogen-bond acceptors (Lipinski definition) is 3. The first-order valence-corrected chi connectivity index (χ1v) is 7.06. The first-order valence-electron chi connectivity index (χ1n) is 7.06. The maximum atomic E-state index is 11.5. The number of aliphatic carboxylic acids is 2. The number of carbonyl (C=O) groups is 2. The first kappa shape index (κ1) is 17.9. The van der Waals surface area contributed by atoms with E-state index in [1.165, 1.54) is 0 Å². The van der Waals surface area contributed by atoms with Crippen molar-refractivity contribution in [1.82, 2.24) is 0 Å². The molecule has 0 saturated carbocycles. The van der Waals surface area contributed by atoms with Crippen LogP contribution >= 0.6 is 0 Å². The first-order chi connectivity index (χ1) is 8.92. The molecular formula is C14H26O5. The standard InChI is InChI=1S/C14H26O5/c1-3-5-7-9-14(13(18)19,10-8-6-4-2)11(15)12(16)17/h11,15H,3-10H2,1-2H3,(H,16,17)(H,18,19). The molecule has 0 aliphatic heterocycles. The van der Waals surface area contributed by atoms with Gasteiger partial charge in [0.15, 0.2) is 6.10 Å². The zero-order chi connectivity index (χ0) is 14.9. The van der Waals surface area contributed by atoms with Crippen LogP contribution in [0.3, 0.4) is 0 Å². The van der Waals surface area contributed by atoms with Gasteiger partial charge in [0.1, 0.15) is 5.41 Å². The average molecular weight is 274 g/mol. The van der Waals surface area contributed by atoms with Crippen LogP contribution in [0, 0.1) is 5.41 Å². The van der Waals surface area contributed by atoms with Gasteiger partial charge in [-0.15, -0.1) is 0 Å². The fourth-order valence-corrected chi connectivity index (χ4v) is 2.35. The van der Waals surface area contributed by atoms with E-state index in [0.717, 1.165) is 25.7 Å². The molecule has 0 heterocycles. The molecule has 0 rings (SSSR count). The van der Waals surface area contributed by atoms with Gasteiger partial charge in [0, 0.05) is 0 Å². The molecule has 0 saturated heterocycles. The summed E-state index contributed by atoms with van der Waals surface area (Å²) in [5.41, 5.74) is -1.55. The smallest absolute Gasteiger partial charge is 0.333 e. The summed E-state index contributed by atoms with van der Waals surface area (Å²) in [5.74, 6) is -2.65. The van der Waals surface area contributed by atoms with E-state index in [1.54, 1.807) is 0 Å². The van der Waals surface area contributed by atoms with Crippen LogP contribution in [0.1, 0.15) is 65.2 Å². The minimum Gasteiger partial charge on any atom is -0.481 e. The van der Waals surface area contributed by atoms with Crippen molar-refractivity contribution in [3.05, 3.63) is 0 Å². The Morgan fingerprint density at radius 1 is 0.947 bits per heavy atom. The number of aliphatic hydroxyl groups excluding tert-OH is 1. The second-order valence-corrected chi connectivity index (χ2v) is 5.12. The monoisotopic (exact) mass is 274 g/mol. The molecule has 0 amide bonds. The highest BCUT2D eigenvalue weighted by atomic mass is 16.4. The zero-order valence-electron chi connectivity index (χ0n) is 11.9. The van der Waals surface area contributed by atoms with Crippen LogP contribution in [0.2, 0.25) is 0 Å². The number of unbranched alkanes of at least 4 members (excludes halogenated alkanes) is 4. The molecule has 0 bridgehead atoms. The predicted molar refractivity (Wildman–Crippen MR) is 72.0 cm³/mol. The number of aliphatic hydroxyl groups is 1. The van der Waals surface area contributed by atoms with Gasteiger partial charge >= 0.3 is 11.9 Å². The number of hydrogen-bond donors (Lipinski definition) is 3. The van der Waals surface area contributed by atoms with Crippen LogP contribution in [0.4, 0.5) is 0 Å². The molecule has 0 radical (unpaired) electrons. The minimum absolute atomic E-state index is 0.216. The van der Waals surface area contributed by atoms with Gasteiger partial charge in [-0.3, -0.25) is 4.79 Å². The number of carboxylic acids is 2. The molecule has 0 aliphatic carbocycles. The molecule has 3 N–H and O–H groups in total. The van der Waals surface area contributed by atoms with Gasteiger partial charge in [-0.1, -0.05) is 52.4 Å². The highest BCUT2D eigenvalue weighted by molar-refractivity contribution is 5.84. The lowest BCUT2D eigenvalue weighted by atomic mass is 9.73. The highest BCUT2D eigenvalue weighted by Crippen LogP contribution is 2.36. The second-order valence-electron chi connectivity index (χ2n) is 5.12. The number of carboxylic acid groups (broad SMARTS) is 2. The SMILES string of the molecule is CCCCCC(CCCCC)(C(=O)O)C(O)C(=O)O. The van der Waals surface area contributed by atoms with Crippen LogP contribution in [0.25, 0.3) is 0 Å². The van der Waals surface area contributed by atoms with Crippen molar-refractivity contribution in [2.24, 2.45) is 5.41 Å². The fraction of sp³-hybridized carbons (Fsp3) is 0.857. The predicted octanol–water partition coefficient (Wildman–Crippen LogP) is 2.66. The Labute approximate surface area is 114 Å². The van der Waals surface area contributed by atoms with E-state index >= 15 is 0 Å². The van der Waals surface area contributed by atoms with Crippen LogP contribution in [-0.2, 0) is 9.59 Å².